The first-order valence-electron chi connectivity index (χ1n) is 7.77. The van der Waals surface area contributed by atoms with Crippen LogP contribution >= 0.6 is 11.3 Å². The van der Waals surface area contributed by atoms with Gasteiger partial charge in [-0.1, -0.05) is 18.2 Å². The first-order valence-corrected chi connectivity index (χ1v) is 10.1. The van der Waals surface area contributed by atoms with Crippen LogP contribution in [0.4, 0.5) is 11.4 Å². The number of anilines is 2. The van der Waals surface area contributed by atoms with Crippen LogP contribution in [0.1, 0.15) is 11.9 Å². The lowest BCUT2D eigenvalue weighted by atomic mass is 10.1. The van der Waals surface area contributed by atoms with Crippen LogP contribution in [-0.4, -0.2) is 19.3 Å². The third-order valence-corrected chi connectivity index (χ3v) is 5.71. The van der Waals surface area contributed by atoms with Crippen LogP contribution in [0, 0.1) is 6.92 Å². The number of carbonyl (C=O) groups is 1. The highest BCUT2D eigenvalue weighted by molar-refractivity contribution is 7.92. The van der Waals surface area contributed by atoms with Gasteiger partial charge in [-0.25, -0.2) is 13.4 Å². The summed E-state index contributed by atoms with van der Waals surface area (Å²) in [4.78, 5) is 15.6. The topological polar surface area (TPSA) is 88.2 Å². The number of thiazole rings is 1. The Bertz CT molecular complexity index is 1040. The second kappa shape index (κ2) is 7.27. The van der Waals surface area contributed by atoms with E-state index in [1.165, 1.54) is 30.4 Å². The summed E-state index contributed by atoms with van der Waals surface area (Å²) in [6.45, 7) is 3.29. The number of rotatable bonds is 5. The molecule has 0 saturated heterocycles. The normalized spacial score (nSPS) is 11.2. The standard InChI is InChI=1S/C18H17N3O3S2/c1-12(22)19-14-7-9-15(10-8-14)26(23,24)21-17-6-4-3-5-16(17)18-11-25-13(2)20-18/h3-11,21H,1-2H3,(H,19,22). The summed E-state index contributed by atoms with van der Waals surface area (Å²) < 4.78 is 28.0. The van der Waals surface area contributed by atoms with E-state index in [4.69, 9.17) is 0 Å². The summed E-state index contributed by atoms with van der Waals surface area (Å²) in [6.07, 6.45) is 0. The van der Waals surface area contributed by atoms with E-state index < -0.39 is 10.0 Å². The minimum Gasteiger partial charge on any atom is -0.326 e. The van der Waals surface area contributed by atoms with Gasteiger partial charge >= 0.3 is 0 Å². The number of hydrogen-bond acceptors (Lipinski definition) is 5. The van der Waals surface area contributed by atoms with Crippen LogP contribution in [0.3, 0.4) is 0 Å². The predicted molar refractivity (Wildman–Crippen MR) is 104 cm³/mol. The Hall–Kier alpha value is -2.71. The molecule has 0 spiro atoms. The van der Waals surface area contributed by atoms with E-state index in [9.17, 15) is 13.2 Å². The predicted octanol–water partition coefficient (Wildman–Crippen LogP) is 3.88. The molecule has 1 amide bonds. The van der Waals surface area contributed by atoms with Crippen LogP contribution in [0.15, 0.2) is 58.8 Å². The molecule has 0 radical (unpaired) electrons. The molecule has 0 aliphatic rings. The molecular formula is C18H17N3O3S2. The van der Waals surface area contributed by atoms with Crippen molar-refractivity contribution in [2.45, 2.75) is 18.7 Å². The van der Waals surface area contributed by atoms with Gasteiger partial charge in [-0.2, -0.15) is 0 Å². The fraction of sp³-hybridized carbons (Fsp3) is 0.111. The summed E-state index contributed by atoms with van der Waals surface area (Å²) in [5.74, 6) is -0.216. The number of nitrogens with one attached hydrogen (secondary N) is 2. The van der Waals surface area contributed by atoms with E-state index in [2.05, 4.69) is 15.0 Å². The quantitative estimate of drug-likeness (QED) is 0.695. The Kier molecular flexibility index (Phi) is 5.06. The molecular weight excluding hydrogens is 370 g/mol. The number of sulfonamides is 1. The van der Waals surface area contributed by atoms with Crippen molar-refractivity contribution in [2.75, 3.05) is 10.0 Å². The van der Waals surface area contributed by atoms with Gasteiger partial charge in [0.2, 0.25) is 5.91 Å². The van der Waals surface area contributed by atoms with Gasteiger partial charge in [-0.3, -0.25) is 9.52 Å². The molecule has 2 aromatic carbocycles. The Balaban J connectivity index is 1.90. The second-order valence-corrected chi connectivity index (χ2v) is 8.35. The highest BCUT2D eigenvalue weighted by Crippen LogP contribution is 2.30. The lowest BCUT2D eigenvalue weighted by Crippen LogP contribution is -2.14. The fourth-order valence-corrected chi connectivity index (χ4v) is 4.10. The van der Waals surface area contributed by atoms with Crippen molar-refractivity contribution in [2.24, 2.45) is 0 Å². The minimum absolute atomic E-state index is 0.107. The molecule has 0 saturated carbocycles. The number of carbonyl (C=O) groups excluding carboxylic acids is 1. The average molecular weight is 387 g/mol. The van der Waals surface area contributed by atoms with Gasteiger partial charge in [0.25, 0.3) is 10.0 Å². The zero-order chi connectivity index (χ0) is 18.7. The zero-order valence-electron chi connectivity index (χ0n) is 14.2. The van der Waals surface area contributed by atoms with Crippen molar-refractivity contribution in [3.8, 4) is 11.3 Å². The van der Waals surface area contributed by atoms with Gasteiger partial charge < -0.3 is 5.32 Å². The van der Waals surface area contributed by atoms with E-state index in [-0.39, 0.29) is 10.8 Å². The summed E-state index contributed by atoms with van der Waals surface area (Å²) in [5.41, 5.74) is 2.45. The Morgan fingerprint density at radius 2 is 1.77 bits per heavy atom. The SMILES string of the molecule is CC(=O)Nc1ccc(S(=O)(=O)Nc2ccccc2-c2csc(C)n2)cc1. The van der Waals surface area contributed by atoms with Crippen molar-refractivity contribution in [1.82, 2.24) is 4.98 Å². The van der Waals surface area contributed by atoms with Crippen LogP contribution in [-0.2, 0) is 14.8 Å². The average Bonchev–Trinajstić information content (AvgIpc) is 3.01. The number of aromatic nitrogens is 1. The summed E-state index contributed by atoms with van der Waals surface area (Å²) in [7, 11) is -3.77. The summed E-state index contributed by atoms with van der Waals surface area (Å²) >= 11 is 1.51. The monoisotopic (exact) mass is 387 g/mol. The molecule has 0 fully saturated rings. The van der Waals surface area contributed by atoms with Gasteiger partial charge in [-0.15, -0.1) is 11.3 Å². The smallest absolute Gasteiger partial charge is 0.261 e. The fourth-order valence-electron chi connectivity index (χ4n) is 2.41. The minimum atomic E-state index is -3.77. The second-order valence-electron chi connectivity index (χ2n) is 5.61. The van der Waals surface area contributed by atoms with Crippen molar-refractivity contribution >= 4 is 38.6 Å². The van der Waals surface area contributed by atoms with E-state index in [0.29, 0.717) is 11.4 Å². The van der Waals surface area contributed by atoms with Crippen LogP contribution in [0.2, 0.25) is 0 Å². The molecule has 1 heterocycles. The van der Waals surface area contributed by atoms with Gasteiger partial charge in [0.05, 0.1) is 21.3 Å². The molecule has 3 aromatic rings. The molecule has 8 heteroatoms. The maximum atomic E-state index is 12.7. The largest absolute Gasteiger partial charge is 0.326 e. The van der Waals surface area contributed by atoms with E-state index in [1.807, 2.05) is 24.4 Å². The number of para-hydroxylation sites is 1. The molecule has 0 unspecified atom stereocenters. The van der Waals surface area contributed by atoms with E-state index in [0.717, 1.165) is 16.3 Å². The Morgan fingerprint density at radius 1 is 1.08 bits per heavy atom. The van der Waals surface area contributed by atoms with Crippen molar-refractivity contribution in [3.05, 3.63) is 58.9 Å². The van der Waals surface area contributed by atoms with E-state index >= 15 is 0 Å². The molecule has 0 atom stereocenters. The maximum Gasteiger partial charge on any atom is 0.261 e. The molecule has 0 bridgehead atoms. The van der Waals surface area contributed by atoms with E-state index in [1.54, 1.807) is 24.3 Å². The van der Waals surface area contributed by atoms with Gasteiger partial charge in [0, 0.05) is 23.6 Å². The van der Waals surface area contributed by atoms with Crippen LogP contribution in [0.25, 0.3) is 11.3 Å². The van der Waals surface area contributed by atoms with Gasteiger partial charge in [0.15, 0.2) is 0 Å². The van der Waals surface area contributed by atoms with Crippen LogP contribution in [0.5, 0.6) is 0 Å². The Labute approximate surface area is 156 Å². The van der Waals surface area contributed by atoms with Crippen molar-refractivity contribution < 1.29 is 13.2 Å². The van der Waals surface area contributed by atoms with Crippen molar-refractivity contribution in [1.29, 1.82) is 0 Å². The molecule has 134 valence electrons. The molecule has 3 rings (SSSR count). The molecule has 2 N–H and O–H groups in total. The lowest BCUT2D eigenvalue weighted by Gasteiger charge is -2.12. The highest BCUT2D eigenvalue weighted by atomic mass is 32.2. The maximum absolute atomic E-state index is 12.7. The molecule has 0 aliphatic heterocycles. The molecule has 1 aromatic heterocycles. The first kappa shape index (κ1) is 18.1. The first-order chi connectivity index (χ1) is 12.3. The Morgan fingerprint density at radius 3 is 2.38 bits per heavy atom. The number of benzene rings is 2. The molecule has 26 heavy (non-hydrogen) atoms. The number of hydrogen-bond donors (Lipinski definition) is 2. The lowest BCUT2D eigenvalue weighted by molar-refractivity contribution is -0.114. The zero-order valence-corrected chi connectivity index (χ0v) is 15.8. The molecule has 0 aliphatic carbocycles. The third kappa shape index (κ3) is 4.09. The third-order valence-electron chi connectivity index (χ3n) is 3.55. The van der Waals surface area contributed by atoms with Crippen molar-refractivity contribution in [3.63, 3.8) is 0 Å². The number of nitrogens with zero attached hydrogens (tertiary/aromatic N) is 1. The molecule has 6 nitrogen and oxygen atoms in total. The summed E-state index contributed by atoms with van der Waals surface area (Å²) in [6, 6.07) is 13.1. The highest BCUT2D eigenvalue weighted by Gasteiger charge is 2.17. The van der Waals surface area contributed by atoms with Gasteiger partial charge in [-0.05, 0) is 37.3 Å². The van der Waals surface area contributed by atoms with Gasteiger partial charge in [0.1, 0.15) is 0 Å². The number of amides is 1. The summed E-state index contributed by atoms with van der Waals surface area (Å²) in [5, 5.41) is 5.41. The van der Waals surface area contributed by atoms with Crippen LogP contribution < -0.4 is 10.0 Å². The number of aryl methyl sites for hydroxylation is 1.